The molecule has 0 unspecified atom stereocenters. The average molecular weight is 347 g/mol. The fourth-order valence-electron chi connectivity index (χ4n) is 2.65. The summed E-state index contributed by atoms with van der Waals surface area (Å²) in [4.78, 5) is 12.9. The van der Waals surface area contributed by atoms with E-state index in [1.165, 1.54) is 11.3 Å². The monoisotopic (exact) mass is 347 g/mol. The number of thiophene rings is 1. The van der Waals surface area contributed by atoms with Crippen molar-refractivity contribution in [1.82, 2.24) is 5.32 Å². The quantitative estimate of drug-likeness (QED) is 0.920. The number of rotatable bonds is 4. The predicted octanol–water partition coefficient (Wildman–Crippen LogP) is 2.48. The molecule has 0 spiro atoms. The molecule has 4 rings (SSSR count). The SMILES string of the molecule is O=C(NCC[C@H]1COc2ccccc2O1)c1scc2c1OCCO2. The fourth-order valence-corrected chi connectivity index (χ4v) is 3.50. The number of nitrogens with one attached hydrogen (secondary N) is 1. The number of para-hydroxylation sites is 2. The highest BCUT2D eigenvalue weighted by atomic mass is 32.1. The molecular formula is C17H17NO5S. The van der Waals surface area contributed by atoms with Crippen LogP contribution in [-0.4, -0.2) is 38.4 Å². The van der Waals surface area contributed by atoms with Crippen molar-refractivity contribution in [2.24, 2.45) is 0 Å². The Balaban J connectivity index is 1.30. The van der Waals surface area contributed by atoms with E-state index in [2.05, 4.69) is 5.32 Å². The minimum Gasteiger partial charge on any atom is -0.486 e. The topological polar surface area (TPSA) is 66.0 Å². The third kappa shape index (κ3) is 2.99. The Morgan fingerprint density at radius 2 is 1.96 bits per heavy atom. The molecule has 0 radical (unpaired) electrons. The first-order valence-corrected chi connectivity index (χ1v) is 8.73. The largest absolute Gasteiger partial charge is 0.486 e. The highest BCUT2D eigenvalue weighted by molar-refractivity contribution is 7.12. The molecule has 1 aromatic carbocycles. The predicted molar refractivity (Wildman–Crippen MR) is 88.6 cm³/mol. The van der Waals surface area contributed by atoms with Crippen LogP contribution >= 0.6 is 11.3 Å². The molecule has 0 fully saturated rings. The van der Waals surface area contributed by atoms with Crippen LogP contribution in [0.3, 0.4) is 0 Å². The number of benzene rings is 1. The van der Waals surface area contributed by atoms with Crippen LogP contribution in [0, 0.1) is 0 Å². The van der Waals surface area contributed by atoms with Gasteiger partial charge in [0.25, 0.3) is 5.91 Å². The zero-order valence-corrected chi connectivity index (χ0v) is 13.8. The molecule has 3 heterocycles. The zero-order chi connectivity index (χ0) is 16.4. The first kappa shape index (κ1) is 15.1. The summed E-state index contributed by atoms with van der Waals surface area (Å²) < 4.78 is 22.5. The van der Waals surface area contributed by atoms with Crippen LogP contribution in [-0.2, 0) is 0 Å². The lowest BCUT2D eigenvalue weighted by atomic mass is 10.2. The number of hydrogen-bond donors (Lipinski definition) is 1. The Labute approximate surface area is 143 Å². The summed E-state index contributed by atoms with van der Waals surface area (Å²) in [5, 5.41) is 4.71. The molecule has 2 aromatic rings. The maximum Gasteiger partial charge on any atom is 0.265 e. The maximum absolute atomic E-state index is 12.3. The molecule has 1 N–H and O–H groups in total. The lowest BCUT2D eigenvalue weighted by molar-refractivity contribution is 0.0811. The van der Waals surface area contributed by atoms with E-state index in [0.717, 1.165) is 11.5 Å². The van der Waals surface area contributed by atoms with Crippen molar-refractivity contribution in [3.8, 4) is 23.0 Å². The molecule has 2 aliphatic heterocycles. The molecule has 24 heavy (non-hydrogen) atoms. The molecule has 1 amide bonds. The van der Waals surface area contributed by atoms with Crippen LogP contribution in [0.5, 0.6) is 23.0 Å². The Morgan fingerprint density at radius 1 is 1.12 bits per heavy atom. The summed E-state index contributed by atoms with van der Waals surface area (Å²) in [6, 6.07) is 7.59. The van der Waals surface area contributed by atoms with Gasteiger partial charge in [0.1, 0.15) is 30.8 Å². The van der Waals surface area contributed by atoms with Crippen molar-refractivity contribution in [3.63, 3.8) is 0 Å². The molecule has 2 aliphatic rings. The standard InChI is InChI=1S/C17H17NO5S/c19-17(16-15-14(10-24-16)20-7-8-21-15)18-6-5-11-9-22-12-3-1-2-4-13(12)23-11/h1-4,10-11H,5-9H2,(H,18,19)/t11-/m0/s1. The van der Waals surface area contributed by atoms with E-state index in [4.69, 9.17) is 18.9 Å². The molecule has 1 atom stereocenters. The Bertz CT molecular complexity index is 744. The summed E-state index contributed by atoms with van der Waals surface area (Å²) in [7, 11) is 0. The Hall–Kier alpha value is -2.41. The lowest BCUT2D eigenvalue weighted by Gasteiger charge is -2.26. The number of carbonyl (C=O) groups is 1. The third-order valence-corrected chi connectivity index (χ3v) is 4.77. The van der Waals surface area contributed by atoms with E-state index >= 15 is 0 Å². The molecule has 6 nitrogen and oxygen atoms in total. The van der Waals surface area contributed by atoms with Gasteiger partial charge in [-0.25, -0.2) is 0 Å². The van der Waals surface area contributed by atoms with Gasteiger partial charge in [-0.3, -0.25) is 4.79 Å². The number of carbonyl (C=O) groups excluding carboxylic acids is 1. The minimum atomic E-state index is -0.149. The van der Waals surface area contributed by atoms with Crippen LogP contribution in [0.4, 0.5) is 0 Å². The highest BCUT2D eigenvalue weighted by Gasteiger charge is 2.24. The first-order valence-electron chi connectivity index (χ1n) is 7.85. The van der Waals surface area contributed by atoms with Crippen molar-refractivity contribution >= 4 is 17.2 Å². The summed E-state index contributed by atoms with van der Waals surface area (Å²) in [5.41, 5.74) is 0. The van der Waals surface area contributed by atoms with Crippen LogP contribution < -0.4 is 24.3 Å². The first-order chi connectivity index (χ1) is 11.8. The number of fused-ring (bicyclic) bond motifs is 2. The number of ether oxygens (including phenoxy) is 4. The van der Waals surface area contributed by atoms with Gasteiger partial charge in [-0.2, -0.15) is 0 Å². The second-order valence-corrected chi connectivity index (χ2v) is 6.38. The molecule has 0 saturated carbocycles. The summed E-state index contributed by atoms with van der Waals surface area (Å²) >= 11 is 1.33. The maximum atomic E-state index is 12.3. The molecule has 7 heteroatoms. The van der Waals surface area contributed by atoms with Crippen molar-refractivity contribution in [2.45, 2.75) is 12.5 Å². The minimum absolute atomic E-state index is 0.0722. The average Bonchev–Trinajstić information content (AvgIpc) is 3.06. The Kier molecular flexibility index (Phi) is 4.17. The van der Waals surface area contributed by atoms with Crippen molar-refractivity contribution in [2.75, 3.05) is 26.4 Å². The summed E-state index contributed by atoms with van der Waals surface area (Å²) in [6.45, 7) is 1.97. The van der Waals surface area contributed by atoms with E-state index < -0.39 is 0 Å². The summed E-state index contributed by atoms with van der Waals surface area (Å²) in [5.74, 6) is 2.56. The smallest absolute Gasteiger partial charge is 0.265 e. The molecule has 1 aromatic heterocycles. The second-order valence-electron chi connectivity index (χ2n) is 5.50. The van der Waals surface area contributed by atoms with Crippen molar-refractivity contribution in [1.29, 1.82) is 0 Å². The summed E-state index contributed by atoms with van der Waals surface area (Å²) in [6.07, 6.45) is 0.599. The van der Waals surface area contributed by atoms with Gasteiger partial charge in [-0.1, -0.05) is 12.1 Å². The Morgan fingerprint density at radius 3 is 2.88 bits per heavy atom. The van der Waals surface area contributed by atoms with Gasteiger partial charge in [0.2, 0.25) is 0 Å². The van der Waals surface area contributed by atoms with Gasteiger partial charge < -0.3 is 24.3 Å². The van der Waals surface area contributed by atoms with Crippen molar-refractivity contribution in [3.05, 3.63) is 34.5 Å². The van der Waals surface area contributed by atoms with Gasteiger partial charge in [0.05, 0.1) is 0 Å². The van der Waals surface area contributed by atoms with Crippen LogP contribution in [0.15, 0.2) is 29.6 Å². The van der Waals surface area contributed by atoms with E-state index in [9.17, 15) is 4.79 Å². The van der Waals surface area contributed by atoms with Crippen LogP contribution in [0.2, 0.25) is 0 Å². The van der Waals surface area contributed by atoms with Gasteiger partial charge in [-0.15, -0.1) is 11.3 Å². The van der Waals surface area contributed by atoms with Crippen LogP contribution in [0.1, 0.15) is 16.1 Å². The van der Waals surface area contributed by atoms with Gasteiger partial charge in [0.15, 0.2) is 23.0 Å². The molecule has 0 aliphatic carbocycles. The van der Waals surface area contributed by atoms with E-state index in [0.29, 0.717) is 49.2 Å². The lowest BCUT2D eigenvalue weighted by Crippen LogP contribution is -2.34. The van der Waals surface area contributed by atoms with E-state index in [1.54, 1.807) is 5.38 Å². The highest BCUT2D eigenvalue weighted by Crippen LogP contribution is 2.39. The molecule has 126 valence electrons. The molecule has 0 bridgehead atoms. The molecular weight excluding hydrogens is 330 g/mol. The number of amides is 1. The number of hydrogen-bond acceptors (Lipinski definition) is 6. The second kappa shape index (κ2) is 6.60. The zero-order valence-electron chi connectivity index (χ0n) is 12.9. The van der Waals surface area contributed by atoms with E-state index in [1.807, 2.05) is 24.3 Å². The molecule has 0 saturated heterocycles. The van der Waals surface area contributed by atoms with Crippen LogP contribution in [0.25, 0.3) is 0 Å². The van der Waals surface area contributed by atoms with Gasteiger partial charge in [-0.05, 0) is 12.1 Å². The third-order valence-electron chi connectivity index (χ3n) is 3.83. The van der Waals surface area contributed by atoms with Crippen molar-refractivity contribution < 1.29 is 23.7 Å². The van der Waals surface area contributed by atoms with E-state index in [-0.39, 0.29) is 12.0 Å². The fraction of sp³-hybridized carbons (Fsp3) is 0.353. The normalized spacial score (nSPS) is 18.1. The van der Waals surface area contributed by atoms with Gasteiger partial charge >= 0.3 is 0 Å². The van der Waals surface area contributed by atoms with Gasteiger partial charge in [0, 0.05) is 18.3 Å².